The second-order valence-electron chi connectivity index (χ2n) is 7.37. The lowest BCUT2D eigenvalue weighted by Gasteiger charge is -2.13. The van der Waals surface area contributed by atoms with E-state index in [0.29, 0.717) is 11.6 Å². The van der Waals surface area contributed by atoms with Crippen LogP contribution in [0.25, 0.3) is 0 Å². The van der Waals surface area contributed by atoms with Gasteiger partial charge in [-0.2, -0.15) is 0 Å². The van der Waals surface area contributed by atoms with Gasteiger partial charge in [0, 0.05) is 18.8 Å². The van der Waals surface area contributed by atoms with Crippen LogP contribution in [0.3, 0.4) is 0 Å². The molecule has 6 nitrogen and oxygen atoms in total. The van der Waals surface area contributed by atoms with Crippen LogP contribution in [0, 0.1) is 0 Å². The highest BCUT2D eigenvalue weighted by atomic mass is 16.5. The molecule has 0 fully saturated rings. The molecule has 1 heterocycles. The molecule has 0 aliphatic heterocycles. The minimum atomic E-state index is -0.355. The highest BCUT2D eigenvalue weighted by molar-refractivity contribution is 6.03. The molecule has 1 N–H and O–H groups in total. The Morgan fingerprint density at radius 2 is 1.83 bits per heavy atom. The molecule has 0 radical (unpaired) electrons. The van der Waals surface area contributed by atoms with E-state index in [-0.39, 0.29) is 29.4 Å². The molecule has 0 bridgehead atoms. The van der Waals surface area contributed by atoms with Gasteiger partial charge < -0.3 is 19.4 Å². The summed E-state index contributed by atoms with van der Waals surface area (Å²) in [6, 6.07) is 16.4. The van der Waals surface area contributed by atoms with Crippen molar-refractivity contribution in [2.45, 2.75) is 26.4 Å². The molecule has 30 heavy (non-hydrogen) atoms. The van der Waals surface area contributed by atoms with Crippen molar-refractivity contribution < 1.29 is 14.3 Å². The summed E-state index contributed by atoms with van der Waals surface area (Å²) in [4.78, 5) is 25.1. The van der Waals surface area contributed by atoms with Gasteiger partial charge in [0.25, 0.3) is 5.91 Å². The summed E-state index contributed by atoms with van der Waals surface area (Å²) in [6.07, 6.45) is 1.53. The fraction of sp³-hybridized carbons (Fsp3) is 0.250. The number of aromatic nitrogens is 1. The van der Waals surface area contributed by atoms with Crippen molar-refractivity contribution in [2.75, 3.05) is 12.4 Å². The topological polar surface area (TPSA) is 69.6 Å². The maximum atomic E-state index is 12.6. The van der Waals surface area contributed by atoms with Crippen LogP contribution in [0.15, 0.2) is 65.6 Å². The van der Waals surface area contributed by atoms with Crippen LogP contribution in [0.4, 0.5) is 5.69 Å². The number of carbonyl (C=O) groups excluding carboxylic acids is 1. The highest BCUT2D eigenvalue weighted by Crippen LogP contribution is 2.18. The molecular formula is C24H26N2O4. The summed E-state index contributed by atoms with van der Waals surface area (Å²) >= 11 is 0. The predicted octanol–water partition coefficient (Wildman–Crippen LogP) is 4.35. The van der Waals surface area contributed by atoms with Crippen molar-refractivity contribution in [3.05, 3.63) is 87.8 Å². The molecule has 156 valence electrons. The highest BCUT2D eigenvalue weighted by Gasteiger charge is 2.13. The first-order valence-electron chi connectivity index (χ1n) is 9.75. The fourth-order valence-corrected chi connectivity index (χ4v) is 3.01. The summed E-state index contributed by atoms with van der Waals surface area (Å²) in [5, 5.41) is 2.83. The van der Waals surface area contributed by atoms with Crippen LogP contribution in [-0.2, 0) is 13.7 Å². The molecule has 3 aromatic rings. The smallest absolute Gasteiger partial charge is 0.272 e. The molecule has 1 aromatic heterocycles. The SMILES string of the molecule is COc1cccc(COc2cn(C)c(C(=O)Nc3ccc(C(C)C)cc3)cc2=O)c1. The average molecular weight is 406 g/mol. The first-order chi connectivity index (χ1) is 14.4. The van der Waals surface area contributed by atoms with E-state index in [9.17, 15) is 9.59 Å². The molecule has 0 aliphatic carbocycles. The van der Waals surface area contributed by atoms with Gasteiger partial charge in [-0.05, 0) is 41.3 Å². The third kappa shape index (κ3) is 5.08. The van der Waals surface area contributed by atoms with E-state index in [4.69, 9.17) is 9.47 Å². The number of anilines is 1. The Morgan fingerprint density at radius 3 is 2.50 bits per heavy atom. The summed E-state index contributed by atoms with van der Waals surface area (Å²) in [6.45, 7) is 4.45. The van der Waals surface area contributed by atoms with E-state index in [1.165, 1.54) is 17.8 Å². The standard InChI is InChI=1S/C24H26N2O4/c1-16(2)18-8-10-19(11-9-18)25-24(28)21-13-22(27)23(14-26(21)3)30-15-17-6-5-7-20(12-17)29-4/h5-14,16H,15H2,1-4H3,(H,25,28). The van der Waals surface area contributed by atoms with Crippen molar-refractivity contribution in [3.63, 3.8) is 0 Å². The summed E-state index contributed by atoms with van der Waals surface area (Å²) in [5.74, 6) is 0.960. The van der Waals surface area contributed by atoms with Crippen molar-refractivity contribution >= 4 is 11.6 Å². The van der Waals surface area contributed by atoms with E-state index >= 15 is 0 Å². The van der Waals surface area contributed by atoms with Gasteiger partial charge in [-0.15, -0.1) is 0 Å². The van der Waals surface area contributed by atoms with Crippen molar-refractivity contribution in [2.24, 2.45) is 7.05 Å². The Labute approximate surface area is 176 Å². The molecular weight excluding hydrogens is 380 g/mol. The second kappa shape index (κ2) is 9.31. The monoisotopic (exact) mass is 406 g/mol. The summed E-state index contributed by atoms with van der Waals surface area (Å²) in [7, 11) is 3.30. The number of hydrogen-bond donors (Lipinski definition) is 1. The largest absolute Gasteiger partial charge is 0.497 e. The zero-order valence-corrected chi connectivity index (χ0v) is 17.6. The van der Waals surface area contributed by atoms with Crippen molar-refractivity contribution in [1.82, 2.24) is 4.57 Å². The maximum absolute atomic E-state index is 12.6. The van der Waals surface area contributed by atoms with Crippen LogP contribution in [0.5, 0.6) is 11.5 Å². The number of carbonyl (C=O) groups is 1. The molecule has 0 saturated heterocycles. The van der Waals surface area contributed by atoms with Gasteiger partial charge in [-0.3, -0.25) is 9.59 Å². The quantitative estimate of drug-likeness (QED) is 0.633. The Bertz CT molecular complexity index is 1090. The van der Waals surface area contributed by atoms with Gasteiger partial charge in [0.1, 0.15) is 18.1 Å². The predicted molar refractivity (Wildman–Crippen MR) is 117 cm³/mol. The molecule has 0 aliphatic rings. The van der Waals surface area contributed by atoms with Crippen LogP contribution >= 0.6 is 0 Å². The van der Waals surface area contributed by atoms with Gasteiger partial charge in [0.15, 0.2) is 5.75 Å². The van der Waals surface area contributed by atoms with Gasteiger partial charge in [-0.1, -0.05) is 38.1 Å². The Hall–Kier alpha value is -3.54. The number of nitrogens with one attached hydrogen (secondary N) is 1. The molecule has 1 amide bonds. The zero-order valence-electron chi connectivity index (χ0n) is 17.6. The molecule has 0 unspecified atom stereocenters. The molecule has 6 heteroatoms. The minimum Gasteiger partial charge on any atom is -0.497 e. The van der Waals surface area contributed by atoms with E-state index in [0.717, 1.165) is 11.3 Å². The second-order valence-corrected chi connectivity index (χ2v) is 7.37. The lowest BCUT2D eigenvalue weighted by atomic mass is 10.0. The lowest BCUT2D eigenvalue weighted by Crippen LogP contribution is -2.21. The Balaban J connectivity index is 1.71. The van der Waals surface area contributed by atoms with Crippen LogP contribution in [0.1, 0.15) is 41.4 Å². The summed E-state index contributed by atoms with van der Waals surface area (Å²) in [5.41, 5.74) is 2.65. The minimum absolute atomic E-state index is 0.179. The molecule has 0 saturated carbocycles. The van der Waals surface area contributed by atoms with E-state index in [1.807, 2.05) is 48.5 Å². The summed E-state index contributed by atoms with van der Waals surface area (Å²) < 4.78 is 12.4. The Kier molecular flexibility index (Phi) is 6.57. The maximum Gasteiger partial charge on any atom is 0.272 e. The molecule has 0 atom stereocenters. The molecule has 2 aromatic carbocycles. The number of aryl methyl sites for hydroxylation is 1. The number of ether oxygens (including phenoxy) is 2. The van der Waals surface area contributed by atoms with Gasteiger partial charge in [-0.25, -0.2) is 0 Å². The third-order valence-electron chi connectivity index (χ3n) is 4.80. The number of amides is 1. The van der Waals surface area contributed by atoms with Gasteiger partial charge >= 0.3 is 0 Å². The molecule has 0 spiro atoms. The fourth-order valence-electron chi connectivity index (χ4n) is 3.01. The van der Waals surface area contributed by atoms with Crippen LogP contribution in [-0.4, -0.2) is 17.6 Å². The van der Waals surface area contributed by atoms with Gasteiger partial charge in [0.05, 0.1) is 13.3 Å². The van der Waals surface area contributed by atoms with E-state index in [1.54, 1.807) is 18.7 Å². The first kappa shape index (κ1) is 21.2. The average Bonchev–Trinajstić information content (AvgIpc) is 2.74. The molecule has 3 rings (SSSR count). The van der Waals surface area contributed by atoms with Crippen LogP contribution < -0.4 is 20.2 Å². The first-order valence-corrected chi connectivity index (χ1v) is 9.75. The Morgan fingerprint density at radius 1 is 1.10 bits per heavy atom. The van der Waals surface area contributed by atoms with E-state index in [2.05, 4.69) is 19.2 Å². The number of benzene rings is 2. The van der Waals surface area contributed by atoms with Crippen LogP contribution in [0.2, 0.25) is 0 Å². The number of nitrogens with zero attached hydrogens (tertiary/aromatic N) is 1. The number of pyridine rings is 1. The number of rotatable bonds is 7. The zero-order chi connectivity index (χ0) is 21.7. The number of methoxy groups -OCH3 is 1. The van der Waals surface area contributed by atoms with E-state index < -0.39 is 0 Å². The number of hydrogen-bond acceptors (Lipinski definition) is 4. The lowest BCUT2D eigenvalue weighted by molar-refractivity contribution is 0.101. The third-order valence-corrected chi connectivity index (χ3v) is 4.80. The van der Waals surface area contributed by atoms with Gasteiger partial charge in [0.2, 0.25) is 5.43 Å². The normalized spacial score (nSPS) is 10.7. The van der Waals surface area contributed by atoms with Crippen molar-refractivity contribution in [1.29, 1.82) is 0 Å². The van der Waals surface area contributed by atoms with Crippen molar-refractivity contribution in [3.8, 4) is 11.5 Å².